The minimum Gasteiger partial charge on any atom is -0.267 e. The van der Waals surface area contributed by atoms with Crippen molar-refractivity contribution in [3.63, 3.8) is 0 Å². The molecule has 0 spiro atoms. The molecule has 0 aliphatic heterocycles. The highest BCUT2D eigenvalue weighted by molar-refractivity contribution is 6.31. The molecule has 0 saturated heterocycles. The van der Waals surface area contributed by atoms with E-state index in [9.17, 15) is 4.79 Å². The third-order valence-electron chi connectivity index (χ3n) is 1.91. The maximum atomic E-state index is 11.5. The van der Waals surface area contributed by atoms with Crippen molar-refractivity contribution in [2.75, 3.05) is 0 Å². The van der Waals surface area contributed by atoms with Crippen LogP contribution in [0, 0.1) is 0 Å². The topological polar surface area (TPSA) is 45.8 Å². The van der Waals surface area contributed by atoms with E-state index in [1.54, 1.807) is 24.3 Å². The molecule has 0 radical (unpaired) electrons. The molecular formula is C10H6Cl2N2O. The molecule has 1 heterocycles. The van der Waals surface area contributed by atoms with E-state index in [4.69, 9.17) is 23.2 Å². The molecule has 1 N–H and O–H groups in total. The lowest BCUT2D eigenvalue weighted by Crippen LogP contribution is -2.10. The molecular weight excluding hydrogens is 235 g/mol. The second kappa shape index (κ2) is 4.04. The molecule has 0 atom stereocenters. The third-order valence-corrected chi connectivity index (χ3v) is 2.34. The van der Waals surface area contributed by atoms with Gasteiger partial charge in [0.15, 0.2) is 0 Å². The quantitative estimate of drug-likeness (QED) is 0.834. The summed E-state index contributed by atoms with van der Waals surface area (Å²) in [7, 11) is 0. The third kappa shape index (κ3) is 2.19. The van der Waals surface area contributed by atoms with Crippen LogP contribution in [0.4, 0.5) is 0 Å². The van der Waals surface area contributed by atoms with Crippen LogP contribution in [0.5, 0.6) is 0 Å². The van der Waals surface area contributed by atoms with Crippen LogP contribution >= 0.6 is 23.2 Å². The first-order chi connectivity index (χ1) is 7.16. The average molecular weight is 241 g/mol. The standard InChI is InChI=1S/C10H6Cl2N2O/c11-7-3-1-2-6(4-7)8-5-9(12)13-14-10(8)15/h1-5H,(H,14,15). The summed E-state index contributed by atoms with van der Waals surface area (Å²) in [5, 5.41) is 6.70. The highest BCUT2D eigenvalue weighted by Crippen LogP contribution is 2.20. The summed E-state index contributed by atoms with van der Waals surface area (Å²) in [6.07, 6.45) is 0. The van der Waals surface area contributed by atoms with Gasteiger partial charge in [0.1, 0.15) is 5.15 Å². The van der Waals surface area contributed by atoms with Gasteiger partial charge in [0.05, 0.1) is 5.56 Å². The average Bonchev–Trinajstić information content (AvgIpc) is 2.22. The monoisotopic (exact) mass is 240 g/mol. The number of aromatic nitrogens is 2. The Morgan fingerprint density at radius 2 is 2.00 bits per heavy atom. The van der Waals surface area contributed by atoms with Crippen LogP contribution in [0.15, 0.2) is 35.1 Å². The largest absolute Gasteiger partial charge is 0.272 e. The Morgan fingerprint density at radius 3 is 2.73 bits per heavy atom. The summed E-state index contributed by atoms with van der Waals surface area (Å²) in [5.74, 6) is 0. The van der Waals surface area contributed by atoms with Crippen molar-refractivity contribution in [3.8, 4) is 11.1 Å². The van der Waals surface area contributed by atoms with Gasteiger partial charge in [-0.15, -0.1) is 0 Å². The predicted molar refractivity (Wildman–Crippen MR) is 60.3 cm³/mol. The van der Waals surface area contributed by atoms with Crippen molar-refractivity contribution in [2.45, 2.75) is 0 Å². The van der Waals surface area contributed by atoms with Crippen molar-refractivity contribution in [1.82, 2.24) is 10.2 Å². The number of aromatic amines is 1. The molecule has 1 aromatic carbocycles. The fraction of sp³-hybridized carbons (Fsp3) is 0. The molecule has 0 aliphatic carbocycles. The molecule has 76 valence electrons. The Labute approximate surface area is 95.7 Å². The number of rotatable bonds is 1. The maximum Gasteiger partial charge on any atom is 0.272 e. The Bertz CT molecular complexity index is 551. The van der Waals surface area contributed by atoms with Crippen LogP contribution in [-0.4, -0.2) is 10.2 Å². The lowest BCUT2D eigenvalue weighted by atomic mass is 10.1. The van der Waals surface area contributed by atoms with Crippen molar-refractivity contribution in [1.29, 1.82) is 0 Å². The van der Waals surface area contributed by atoms with E-state index in [1.165, 1.54) is 6.07 Å². The Kier molecular flexibility index (Phi) is 2.75. The molecule has 1 aromatic heterocycles. The van der Waals surface area contributed by atoms with E-state index in [1.807, 2.05) is 0 Å². The fourth-order valence-electron chi connectivity index (χ4n) is 1.25. The maximum absolute atomic E-state index is 11.5. The summed E-state index contributed by atoms with van der Waals surface area (Å²) in [6, 6.07) is 8.49. The predicted octanol–water partition coefficient (Wildman–Crippen LogP) is 2.74. The number of benzene rings is 1. The van der Waals surface area contributed by atoms with Gasteiger partial charge in [0, 0.05) is 5.02 Å². The SMILES string of the molecule is O=c1[nH]nc(Cl)cc1-c1cccc(Cl)c1. The fourth-order valence-corrected chi connectivity index (χ4v) is 1.59. The van der Waals surface area contributed by atoms with Gasteiger partial charge in [-0.3, -0.25) is 4.79 Å². The molecule has 0 saturated carbocycles. The number of nitrogens with zero attached hydrogens (tertiary/aromatic N) is 1. The van der Waals surface area contributed by atoms with Gasteiger partial charge < -0.3 is 0 Å². The first-order valence-electron chi connectivity index (χ1n) is 4.18. The van der Waals surface area contributed by atoms with E-state index in [0.29, 0.717) is 16.1 Å². The molecule has 5 heteroatoms. The first kappa shape index (κ1) is 10.2. The smallest absolute Gasteiger partial charge is 0.267 e. The second-order valence-corrected chi connectivity index (χ2v) is 3.77. The van der Waals surface area contributed by atoms with Crippen molar-refractivity contribution >= 4 is 23.2 Å². The van der Waals surface area contributed by atoms with E-state index < -0.39 is 0 Å². The summed E-state index contributed by atoms with van der Waals surface area (Å²) < 4.78 is 0. The van der Waals surface area contributed by atoms with Crippen molar-refractivity contribution < 1.29 is 0 Å². The molecule has 3 nitrogen and oxygen atoms in total. The molecule has 0 fully saturated rings. The van der Waals surface area contributed by atoms with E-state index in [2.05, 4.69) is 10.2 Å². The minimum absolute atomic E-state index is 0.240. The van der Waals surface area contributed by atoms with Gasteiger partial charge in [-0.1, -0.05) is 35.3 Å². The molecule has 0 amide bonds. The zero-order chi connectivity index (χ0) is 10.8. The van der Waals surface area contributed by atoms with Crippen LogP contribution in [-0.2, 0) is 0 Å². The van der Waals surface area contributed by atoms with Gasteiger partial charge in [-0.25, -0.2) is 5.10 Å². The van der Waals surface area contributed by atoms with Gasteiger partial charge in [-0.2, -0.15) is 5.10 Å². The lowest BCUT2D eigenvalue weighted by Gasteiger charge is -2.00. The highest BCUT2D eigenvalue weighted by Gasteiger charge is 2.04. The molecule has 2 aromatic rings. The second-order valence-electron chi connectivity index (χ2n) is 2.94. The van der Waals surface area contributed by atoms with Crippen LogP contribution < -0.4 is 5.56 Å². The number of nitrogens with one attached hydrogen (secondary N) is 1. The summed E-state index contributed by atoms with van der Waals surface area (Å²) in [6.45, 7) is 0. The van der Waals surface area contributed by atoms with Gasteiger partial charge >= 0.3 is 0 Å². The minimum atomic E-state index is -0.290. The number of hydrogen-bond acceptors (Lipinski definition) is 2. The van der Waals surface area contributed by atoms with Crippen LogP contribution in [0.3, 0.4) is 0 Å². The molecule has 0 aliphatic rings. The van der Waals surface area contributed by atoms with Crippen LogP contribution in [0.2, 0.25) is 10.2 Å². The number of halogens is 2. The molecule has 15 heavy (non-hydrogen) atoms. The Balaban J connectivity index is 2.63. The Hall–Kier alpha value is -1.32. The molecule has 2 rings (SSSR count). The van der Waals surface area contributed by atoms with E-state index >= 15 is 0 Å². The Morgan fingerprint density at radius 1 is 1.20 bits per heavy atom. The van der Waals surface area contributed by atoms with Crippen molar-refractivity contribution in [3.05, 3.63) is 50.9 Å². The zero-order valence-electron chi connectivity index (χ0n) is 7.50. The van der Waals surface area contributed by atoms with E-state index in [0.717, 1.165) is 0 Å². The summed E-state index contributed by atoms with van der Waals surface area (Å²) in [4.78, 5) is 11.5. The van der Waals surface area contributed by atoms with E-state index in [-0.39, 0.29) is 10.7 Å². The highest BCUT2D eigenvalue weighted by atomic mass is 35.5. The van der Waals surface area contributed by atoms with Gasteiger partial charge in [-0.05, 0) is 23.8 Å². The normalized spacial score (nSPS) is 10.3. The first-order valence-corrected chi connectivity index (χ1v) is 4.93. The summed E-state index contributed by atoms with van der Waals surface area (Å²) >= 11 is 11.5. The lowest BCUT2D eigenvalue weighted by molar-refractivity contribution is 0.992. The van der Waals surface area contributed by atoms with Crippen molar-refractivity contribution in [2.24, 2.45) is 0 Å². The number of H-pyrrole nitrogens is 1. The van der Waals surface area contributed by atoms with Gasteiger partial charge in [0.2, 0.25) is 0 Å². The van der Waals surface area contributed by atoms with Crippen LogP contribution in [0.25, 0.3) is 11.1 Å². The van der Waals surface area contributed by atoms with Gasteiger partial charge in [0.25, 0.3) is 5.56 Å². The summed E-state index contributed by atoms with van der Waals surface area (Å²) in [5.41, 5.74) is 0.882. The van der Waals surface area contributed by atoms with Crippen LogP contribution in [0.1, 0.15) is 0 Å². The molecule has 0 unspecified atom stereocenters. The zero-order valence-corrected chi connectivity index (χ0v) is 9.01. The number of hydrogen-bond donors (Lipinski definition) is 1. The molecule has 0 bridgehead atoms.